The number of nitrogens with one attached hydrogen (secondary N) is 3. The van der Waals surface area contributed by atoms with Gasteiger partial charge in [-0.25, -0.2) is 4.79 Å². The van der Waals surface area contributed by atoms with Crippen molar-refractivity contribution in [2.45, 2.75) is 62.7 Å². The molecule has 0 radical (unpaired) electrons. The number of thioether (sulfide) groups is 1. The van der Waals surface area contributed by atoms with Crippen molar-refractivity contribution in [2.75, 3.05) is 18.6 Å². The van der Waals surface area contributed by atoms with Gasteiger partial charge in [0.15, 0.2) is 0 Å². The molecule has 34 heavy (non-hydrogen) atoms. The summed E-state index contributed by atoms with van der Waals surface area (Å²) in [5.41, 5.74) is 11.2. The van der Waals surface area contributed by atoms with Crippen LogP contribution < -0.4 is 27.4 Å². The maximum atomic E-state index is 12.7. The first-order valence-corrected chi connectivity index (χ1v) is 11.8. The fourth-order valence-electron chi connectivity index (χ4n) is 2.72. The lowest BCUT2D eigenvalue weighted by atomic mass is 10.1. The first-order valence-electron chi connectivity index (χ1n) is 10.4. The third kappa shape index (κ3) is 13.0. The van der Waals surface area contributed by atoms with Crippen LogP contribution >= 0.6 is 11.8 Å². The Bertz CT molecular complexity index is 737. The molecule has 194 valence electrons. The first-order chi connectivity index (χ1) is 15.9. The van der Waals surface area contributed by atoms with Crippen molar-refractivity contribution in [3.63, 3.8) is 0 Å². The maximum Gasteiger partial charge on any atom is 0.326 e. The summed E-state index contributed by atoms with van der Waals surface area (Å²) in [5, 5.41) is 33.7. The molecule has 0 rings (SSSR count). The van der Waals surface area contributed by atoms with Crippen LogP contribution in [0.4, 0.5) is 0 Å². The van der Waals surface area contributed by atoms with Crippen LogP contribution in [0.5, 0.6) is 0 Å². The van der Waals surface area contributed by atoms with Gasteiger partial charge in [-0.05, 0) is 44.2 Å². The zero-order valence-electron chi connectivity index (χ0n) is 18.8. The van der Waals surface area contributed by atoms with Gasteiger partial charge in [-0.1, -0.05) is 0 Å². The molecule has 0 aliphatic carbocycles. The van der Waals surface area contributed by atoms with Gasteiger partial charge in [0.25, 0.3) is 0 Å². The Morgan fingerprint density at radius 2 is 1.26 bits per heavy atom. The van der Waals surface area contributed by atoms with Crippen molar-refractivity contribution in [3.8, 4) is 0 Å². The SMILES string of the molecule is CSCCC(N)C(=O)NC(CC(=O)O)C(=O)NC(CCCCN)C(=O)NC(CC(=O)O)C(=O)O. The summed E-state index contributed by atoms with van der Waals surface area (Å²) in [6.07, 6.45) is 1.25. The van der Waals surface area contributed by atoms with Crippen molar-refractivity contribution in [3.05, 3.63) is 0 Å². The van der Waals surface area contributed by atoms with E-state index in [1.54, 1.807) is 0 Å². The summed E-state index contributed by atoms with van der Waals surface area (Å²) in [4.78, 5) is 71.0. The van der Waals surface area contributed by atoms with E-state index in [0.29, 0.717) is 25.0 Å². The number of carbonyl (C=O) groups excluding carboxylic acids is 3. The topological polar surface area (TPSA) is 251 Å². The van der Waals surface area contributed by atoms with Crippen molar-refractivity contribution in [2.24, 2.45) is 11.5 Å². The highest BCUT2D eigenvalue weighted by Crippen LogP contribution is 2.06. The zero-order valence-corrected chi connectivity index (χ0v) is 19.6. The lowest BCUT2D eigenvalue weighted by Gasteiger charge is -2.24. The number of carbonyl (C=O) groups is 6. The fourth-order valence-corrected chi connectivity index (χ4v) is 3.21. The van der Waals surface area contributed by atoms with Crippen LogP contribution in [0.25, 0.3) is 0 Å². The lowest BCUT2D eigenvalue weighted by molar-refractivity contribution is -0.147. The molecule has 14 nitrogen and oxygen atoms in total. The number of nitrogens with two attached hydrogens (primary N) is 2. The second-order valence-corrected chi connectivity index (χ2v) is 8.38. The molecule has 0 fully saturated rings. The Kier molecular flexibility index (Phi) is 15.2. The Labute approximate surface area is 200 Å². The molecule has 0 aliphatic heterocycles. The molecule has 0 aromatic heterocycles. The van der Waals surface area contributed by atoms with E-state index >= 15 is 0 Å². The van der Waals surface area contributed by atoms with Gasteiger partial charge in [-0.3, -0.25) is 24.0 Å². The minimum absolute atomic E-state index is 0.00909. The van der Waals surface area contributed by atoms with Crippen LogP contribution in [0.2, 0.25) is 0 Å². The van der Waals surface area contributed by atoms with Gasteiger partial charge >= 0.3 is 17.9 Å². The average Bonchev–Trinajstić information content (AvgIpc) is 2.74. The number of amides is 3. The molecule has 15 heteroatoms. The Hall–Kier alpha value is -2.91. The monoisotopic (exact) mass is 507 g/mol. The van der Waals surface area contributed by atoms with E-state index < -0.39 is 72.6 Å². The predicted octanol–water partition coefficient (Wildman–Crippen LogP) is -2.32. The van der Waals surface area contributed by atoms with Gasteiger partial charge in [0.2, 0.25) is 17.7 Å². The molecule has 0 bridgehead atoms. The van der Waals surface area contributed by atoms with Crippen LogP contribution in [0.15, 0.2) is 0 Å². The maximum absolute atomic E-state index is 12.7. The Balaban J connectivity index is 5.51. The second-order valence-electron chi connectivity index (χ2n) is 7.39. The first kappa shape index (κ1) is 31.1. The number of hydrogen-bond donors (Lipinski definition) is 8. The Morgan fingerprint density at radius 3 is 1.76 bits per heavy atom. The molecular formula is C19H33N5O9S. The van der Waals surface area contributed by atoms with E-state index in [9.17, 15) is 28.8 Å². The smallest absolute Gasteiger partial charge is 0.326 e. The van der Waals surface area contributed by atoms with Gasteiger partial charge in [-0.2, -0.15) is 11.8 Å². The second kappa shape index (κ2) is 16.7. The molecule has 4 atom stereocenters. The number of hydrogen-bond acceptors (Lipinski definition) is 9. The van der Waals surface area contributed by atoms with Crippen molar-refractivity contribution in [1.29, 1.82) is 0 Å². The van der Waals surface area contributed by atoms with Gasteiger partial charge in [-0.15, -0.1) is 0 Å². The molecule has 3 amide bonds. The average molecular weight is 508 g/mol. The van der Waals surface area contributed by atoms with E-state index in [-0.39, 0.29) is 13.0 Å². The third-order valence-corrected chi connectivity index (χ3v) is 5.20. The summed E-state index contributed by atoms with van der Waals surface area (Å²) >= 11 is 1.45. The van der Waals surface area contributed by atoms with E-state index in [1.165, 1.54) is 11.8 Å². The largest absolute Gasteiger partial charge is 0.481 e. The highest BCUT2D eigenvalue weighted by Gasteiger charge is 2.31. The third-order valence-electron chi connectivity index (χ3n) is 4.55. The number of rotatable bonds is 18. The quantitative estimate of drug-likeness (QED) is 0.0910. The van der Waals surface area contributed by atoms with Crippen LogP contribution in [0, 0.1) is 0 Å². The van der Waals surface area contributed by atoms with Crippen LogP contribution in [0.3, 0.4) is 0 Å². The van der Waals surface area contributed by atoms with Crippen molar-refractivity contribution < 1.29 is 44.1 Å². The summed E-state index contributed by atoms with van der Waals surface area (Å²) in [5.74, 6) is -6.59. The highest BCUT2D eigenvalue weighted by atomic mass is 32.2. The molecule has 0 saturated heterocycles. The lowest BCUT2D eigenvalue weighted by Crippen LogP contribution is -2.57. The van der Waals surface area contributed by atoms with Gasteiger partial charge in [0.1, 0.15) is 18.1 Å². The summed E-state index contributed by atoms with van der Waals surface area (Å²) in [6.45, 7) is 0.282. The zero-order chi connectivity index (χ0) is 26.3. The molecule has 0 aromatic carbocycles. The van der Waals surface area contributed by atoms with Gasteiger partial charge < -0.3 is 42.7 Å². The van der Waals surface area contributed by atoms with Crippen molar-refractivity contribution >= 4 is 47.4 Å². The van der Waals surface area contributed by atoms with E-state index in [2.05, 4.69) is 16.0 Å². The van der Waals surface area contributed by atoms with Gasteiger partial charge in [0, 0.05) is 0 Å². The predicted molar refractivity (Wildman–Crippen MR) is 122 cm³/mol. The number of carboxylic acid groups (broad SMARTS) is 3. The number of carboxylic acids is 3. The summed E-state index contributed by atoms with van der Waals surface area (Å²) < 4.78 is 0. The minimum atomic E-state index is -1.75. The molecule has 4 unspecified atom stereocenters. The highest BCUT2D eigenvalue weighted by molar-refractivity contribution is 7.98. The van der Waals surface area contributed by atoms with Crippen molar-refractivity contribution in [1.82, 2.24) is 16.0 Å². The normalized spacial score (nSPS) is 14.2. The summed E-state index contributed by atoms with van der Waals surface area (Å²) in [6, 6.07) is -5.60. The molecule has 0 aromatic rings. The minimum Gasteiger partial charge on any atom is -0.481 e. The summed E-state index contributed by atoms with van der Waals surface area (Å²) in [7, 11) is 0. The van der Waals surface area contributed by atoms with Gasteiger partial charge in [0.05, 0.1) is 18.9 Å². The Morgan fingerprint density at radius 1 is 0.765 bits per heavy atom. The van der Waals surface area contributed by atoms with Crippen LogP contribution in [-0.4, -0.2) is 93.7 Å². The fraction of sp³-hybridized carbons (Fsp3) is 0.684. The molecule has 0 spiro atoms. The molecule has 10 N–H and O–H groups in total. The van der Waals surface area contributed by atoms with Crippen LogP contribution in [-0.2, 0) is 28.8 Å². The molecule has 0 aliphatic rings. The van der Waals surface area contributed by atoms with E-state index in [4.69, 9.17) is 26.8 Å². The molecule has 0 saturated carbocycles. The molecule has 0 heterocycles. The number of unbranched alkanes of at least 4 members (excludes halogenated alkanes) is 1. The standard InChI is InChI=1S/C19H33N5O9S/c1-34-7-5-10(21)16(29)23-12(8-14(25)26)18(31)22-11(4-2-3-6-20)17(30)24-13(19(32)33)9-15(27)28/h10-13H,2-9,20-21H2,1H3,(H,22,31)(H,23,29)(H,24,30)(H,25,26)(H,27,28)(H,32,33). The number of aliphatic carboxylic acids is 3. The van der Waals surface area contributed by atoms with E-state index in [1.807, 2.05) is 6.26 Å². The van der Waals surface area contributed by atoms with Crippen LogP contribution in [0.1, 0.15) is 38.5 Å². The molecular weight excluding hydrogens is 474 g/mol. The van der Waals surface area contributed by atoms with E-state index in [0.717, 1.165) is 0 Å².